The molecule has 1 saturated carbocycles. The summed E-state index contributed by atoms with van der Waals surface area (Å²) in [6, 6.07) is -0.877. The van der Waals surface area contributed by atoms with Crippen molar-refractivity contribution in [2.24, 2.45) is 5.92 Å². The number of nitrogens with zero attached hydrogens (tertiary/aromatic N) is 1. The molecular weight excluding hydrogens is 284 g/mol. The molecule has 2 fully saturated rings. The number of nitrogens with one attached hydrogen (secondary N) is 1. The van der Waals surface area contributed by atoms with Gasteiger partial charge in [-0.15, -0.1) is 0 Å². The van der Waals surface area contributed by atoms with Crippen LogP contribution in [0.1, 0.15) is 25.7 Å². The van der Waals surface area contributed by atoms with Crippen molar-refractivity contribution in [3.05, 3.63) is 0 Å². The number of amides is 2. The highest BCUT2D eigenvalue weighted by atomic mass is 32.2. The molecule has 8 heteroatoms. The van der Waals surface area contributed by atoms with Crippen molar-refractivity contribution < 1.29 is 23.1 Å². The first-order chi connectivity index (χ1) is 9.35. The minimum atomic E-state index is -3.09. The lowest BCUT2D eigenvalue weighted by molar-refractivity contribution is -0.137. The van der Waals surface area contributed by atoms with Crippen molar-refractivity contribution >= 4 is 21.8 Å². The van der Waals surface area contributed by atoms with Gasteiger partial charge in [0.2, 0.25) is 0 Å². The maximum Gasteiger partial charge on any atom is 0.323 e. The van der Waals surface area contributed by atoms with Crippen molar-refractivity contribution in [3.63, 3.8) is 0 Å². The fourth-order valence-electron chi connectivity index (χ4n) is 2.40. The lowest BCUT2D eigenvalue weighted by Gasteiger charge is -2.27. The van der Waals surface area contributed by atoms with E-state index in [1.807, 2.05) is 0 Å². The standard InChI is InChI=1S/C12H20N2O5S/c15-11(16)7-14(6-9-3-4-9)12(17)13-10-2-1-5-20(18,19)8-10/h9-10H,1-8H2,(H,13,17)(H,15,16). The molecular formula is C12H20N2O5S. The quantitative estimate of drug-likeness (QED) is 0.748. The first-order valence-corrected chi connectivity index (χ1v) is 8.65. The molecule has 7 nitrogen and oxygen atoms in total. The van der Waals surface area contributed by atoms with Crippen LogP contribution in [0.5, 0.6) is 0 Å². The summed E-state index contributed by atoms with van der Waals surface area (Å²) in [5, 5.41) is 11.5. The predicted octanol–water partition coefficient (Wildman–Crippen LogP) is 0.0698. The highest BCUT2D eigenvalue weighted by Crippen LogP contribution is 2.29. The second-order valence-electron chi connectivity index (χ2n) is 5.62. The summed E-state index contributed by atoms with van der Waals surface area (Å²) in [5.74, 6) is -0.559. The van der Waals surface area contributed by atoms with Gasteiger partial charge in [0, 0.05) is 12.6 Å². The number of carbonyl (C=O) groups excluding carboxylic acids is 1. The number of hydrogen-bond donors (Lipinski definition) is 2. The second-order valence-corrected chi connectivity index (χ2v) is 7.85. The molecule has 1 saturated heterocycles. The van der Waals surface area contributed by atoms with Crippen molar-refractivity contribution in [1.29, 1.82) is 0 Å². The Morgan fingerprint density at radius 3 is 2.50 bits per heavy atom. The lowest BCUT2D eigenvalue weighted by atomic mass is 10.2. The number of urea groups is 1. The highest BCUT2D eigenvalue weighted by molar-refractivity contribution is 7.91. The second kappa shape index (κ2) is 5.99. The van der Waals surface area contributed by atoms with E-state index in [1.54, 1.807) is 0 Å². The number of sulfone groups is 1. The maximum absolute atomic E-state index is 12.1. The first kappa shape index (κ1) is 15.1. The summed E-state index contributed by atoms with van der Waals surface area (Å²) in [6.45, 7) is 0.0827. The molecule has 1 heterocycles. The summed E-state index contributed by atoms with van der Waals surface area (Å²) < 4.78 is 23.0. The van der Waals surface area contributed by atoms with Crippen LogP contribution in [-0.4, -0.2) is 61.1 Å². The zero-order valence-electron chi connectivity index (χ0n) is 11.2. The first-order valence-electron chi connectivity index (χ1n) is 6.83. The smallest absolute Gasteiger partial charge is 0.323 e. The van der Waals surface area contributed by atoms with E-state index < -0.39 is 27.9 Å². The molecule has 1 atom stereocenters. The average molecular weight is 304 g/mol. The SMILES string of the molecule is O=C(O)CN(CC1CC1)C(=O)NC1CCCS(=O)(=O)C1. The number of carboxylic acids is 1. The van der Waals surface area contributed by atoms with Crippen molar-refractivity contribution in [2.45, 2.75) is 31.7 Å². The van der Waals surface area contributed by atoms with E-state index >= 15 is 0 Å². The minimum absolute atomic E-state index is 0.0525. The Labute approximate surface area is 118 Å². The van der Waals surface area contributed by atoms with E-state index in [0.29, 0.717) is 25.3 Å². The van der Waals surface area contributed by atoms with Gasteiger partial charge < -0.3 is 15.3 Å². The lowest BCUT2D eigenvalue weighted by Crippen LogP contribution is -2.50. The third kappa shape index (κ3) is 4.66. The molecule has 2 rings (SSSR count). The molecule has 1 aliphatic carbocycles. The zero-order chi connectivity index (χ0) is 14.8. The number of carbonyl (C=O) groups is 2. The van der Waals surface area contributed by atoms with E-state index in [2.05, 4.69) is 5.32 Å². The molecule has 0 spiro atoms. The van der Waals surface area contributed by atoms with Gasteiger partial charge in [-0.2, -0.15) is 0 Å². The van der Waals surface area contributed by atoms with Gasteiger partial charge in [0.1, 0.15) is 6.54 Å². The predicted molar refractivity (Wildman–Crippen MR) is 72.1 cm³/mol. The number of aliphatic carboxylic acids is 1. The van der Waals surface area contributed by atoms with Crippen LogP contribution in [0.4, 0.5) is 4.79 Å². The third-order valence-electron chi connectivity index (χ3n) is 3.58. The molecule has 20 heavy (non-hydrogen) atoms. The summed E-state index contributed by atoms with van der Waals surface area (Å²) >= 11 is 0. The van der Waals surface area contributed by atoms with E-state index in [4.69, 9.17) is 5.11 Å². The molecule has 0 radical (unpaired) electrons. The monoisotopic (exact) mass is 304 g/mol. The van der Waals surface area contributed by atoms with Gasteiger partial charge in [0.15, 0.2) is 9.84 Å². The topological polar surface area (TPSA) is 104 Å². The van der Waals surface area contributed by atoms with E-state index in [0.717, 1.165) is 12.8 Å². The summed E-state index contributed by atoms with van der Waals surface area (Å²) in [7, 11) is -3.09. The summed E-state index contributed by atoms with van der Waals surface area (Å²) in [5.41, 5.74) is 0. The van der Waals surface area contributed by atoms with Crippen molar-refractivity contribution in [1.82, 2.24) is 10.2 Å². The van der Waals surface area contributed by atoms with Crippen LogP contribution < -0.4 is 5.32 Å². The molecule has 2 N–H and O–H groups in total. The normalized spacial score (nSPS) is 24.9. The third-order valence-corrected chi connectivity index (χ3v) is 5.40. The van der Waals surface area contributed by atoms with Crippen LogP contribution in [-0.2, 0) is 14.6 Å². The molecule has 0 aromatic rings. The Morgan fingerprint density at radius 2 is 1.95 bits per heavy atom. The zero-order valence-corrected chi connectivity index (χ0v) is 12.1. The highest BCUT2D eigenvalue weighted by Gasteiger charge is 2.31. The molecule has 0 bridgehead atoms. The number of hydrogen-bond acceptors (Lipinski definition) is 4. The van der Waals surface area contributed by atoms with Gasteiger partial charge in [0.25, 0.3) is 0 Å². The Balaban J connectivity index is 1.91. The summed E-state index contributed by atoms with van der Waals surface area (Å²) in [6.07, 6.45) is 3.19. The average Bonchev–Trinajstić information content (AvgIpc) is 3.10. The largest absolute Gasteiger partial charge is 0.480 e. The number of rotatable bonds is 5. The minimum Gasteiger partial charge on any atom is -0.480 e. The van der Waals surface area contributed by atoms with Crippen LogP contribution >= 0.6 is 0 Å². The van der Waals surface area contributed by atoms with Crippen molar-refractivity contribution in [2.75, 3.05) is 24.6 Å². The van der Waals surface area contributed by atoms with Crippen LogP contribution in [0.25, 0.3) is 0 Å². The van der Waals surface area contributed by atoms with Crippen molar-refractivity contribution in [3.8, 4) is 0 Å². The Hall–Kier alpha value is -1.31. The van der Waals surface area contributed by atoms with Gasteiger partial charge in [-0.3, -0.25) is 4.79 Å². The molecule has 114 valence electrons. The Kier molecular flexibility index (Phi) is 4.52. The van der Waals surface area contributed by atoms with Crippen LogP contribution in [0.2, 0.25) is 0 Å². The summed E-state index contributed by atoms with van der Waals surface area (Å²) in [4.78, 5) is 24.1. The van der Waals surface area contributed by atoms with Crippen LogP contribution in [0.15, 0.2) is 0 Å². The molecule has 1 unspecified atom stereocenters. The van der Waals surface area contributed by atoms with E-state index in [-0.39, 0.29) is 18.1 Å². The van der Waals surface area contributed by atoms with E-state index in [1.165, 1.54) is 4.90 Å². The van der Waals surface area contributed by atoms with Crippen LogP contribution in [0.3, 0.4) is 0 Å². The molecule has 2 amide bonds. The van der Waals surface area contributed by atoms with Gasteiger partial charge >= 0.3 is 12.0 Å². The molecule has 0 aromatic carbocycles. The van der Waals surface area contributed by atoms with Gasteiger partial charge in [-0.05, 0) is 31.6 Å². The maximum atomic E-state index is 12.1. The molecule has 0 aromatic heterocycles. The molecule has 1 aliphatic heterocycles. The van der Waals surface area contributed by atoms with Gasteiger partial charge in [-0.1, -0.05) is 0 Å². The van der Waals surface area contributed by atoms with E-state index in [9.17, 15) is 18.0 Å². The number of carboxylic acid groups (broad SMARTS) is 1. The fourth-order valence-corrected chi connectivity index (χ4v) is 4.03. The fraction of sp³-hybridized carbons (Fsp3) is 0.833. The van der Waals surface area contributed by atoms with Gasteiger partial charge in [-0.25, -0.2) is 13.2 Å². The molecule has 2 aliphatic rings. The van der Waals surface area contributed by atoms with Gasteiger partial charge in [0.05, 0.1) is 11.5 Å². The Morgan fingerprint density at radius 1 is 1.25 bits per heavy atom. The Bertz CT molecular complexity index is 486. The van der Waals surface area contributed by atoms with Crippen LogP contribution in [0, 0.1) is 5.92 Å².